The molecule has 4 fully saturated rings. The number of amides is 2. The highest BCUT2D eigenvalue weighted by molar-refractivity contribution is 8.00. The number of ether oxygens (including phenoxy) is 5. The van der Waals surface area contributed by atoms with Crippen molar-refractivity contribution >= 4 is 69.8 Å². The second-order valence-electron chi connectivity index (χ2n) is 23.5. The fourth-order valence-electron chi connectivity index (χ4n) is 12.8. The average Bonchev–Trinajstić information content (AvgIpc) is 3.35. The first kappa shape index (κ1) is 56.7. The monoisotopic (exact) mass is 1100 g/mol. The van der Waals surface area contributed by atoms with Gasteiger partial charge in [-0.15, -0.1) is 0 Å². The van der Waals surface area contributed by atoms with E-state index in [2.05, 4.69) is 22.0 Å². The summed E-state index contributed by atoms with van der Waals surface area (Å²) in [4.78, 5) is 90.7. The molecule has 20 heteroatoms. The van der Waals surface area contributed by atoms with E-state index in [1.54, 1.807) is 139 Å². The van der Waals surface area contributed by atoms with Crippen LogP contribution in [0.2, 0.25) is 31.9 Å². The van der Waals surface area contributed by atoms with Crippen LogP contribution in [-0.2, 0) is 51.4 Å². The molecule has 2 aliphatic heterocycles. The van der Waals surface area contributed by atoms with E-state index >= 15 is 9.59 Å². The van der Waals surface area contributed by atoms with Crippen LogP contribution in [-0.4, -0.2) is 122 Å². The predicted molar refractivity (Wildman–Crippen MR) is 287 cm³/mol. The molecule has 3 aromatic carbocycles. The molecule has 0 radical (unpaired) electrons. The lowest BCUT2D eigenvalue weighted by atomic mass is 9.44. The number of ketones is 1. The fraction of sp³-hybridized carbons (Fsp3) is 0.527. The van der Waals surface area contributed by atoms with Gasteiger partial charge >= 0.3 is 24.0 Å². The average molecular weight is 1100 g/mol. The number of rotatable bonds is 11. The minimum atomic E-state index is -2.93. The molecule has 4 unspecified atom stereocenters. The quantitative estimate of drug-likeness (QED) is 0.0626. The molecule has 16 nitrogen and oxygen atoms in total. The van der Waals surface area contributed by atoms with Crippen LogP contribution < -0.4 is 0 Å². The molecule has 404 valence electrons. The van der Waals surface area contributed by atoms with Gasteiger partial charge in [-0.05, 0) is 107 Å². The topological polar surface area (TPSA) is 200 Å². The number of imide groups is 1. The molecule has 1 N–H and O–H groups in total. The Bertz CT molecular complexity index is 2740. The SMILES string of the molecule is CC(=O)O[C@@]12CO[C@@H]1C[C@@H]1O[Si](C)(C)C[Si](C)(C)O[C@H]3C(=O)[C@@]1(C)C2C(OC(=O)c1ccccc1)[C@]1(O)C[C@H](OC(=O)[C@H](OPP)[C@H](c2ccccc2)N(C(=O)OC(C)(C)C)C(=O)c2ccccc2)C(C)=C3C1(C)C. The van der Waals surface area contributed by atoms with Crippen molar-refractivity contribution in [2.75, 3.05) is 6.61 Å². The Labute approximate surface area is 445 Å². The molecular weight excluding hydrogens is 1030 g/mol. The van der Waals surface area contributed by atoms with Crippen LogP contribution in [0.25, 0.3) is 0 Å². The van der Waals surface area contributed by atoms with Gasteiger partial charge in [0.1, 0.15) is 41.7 Å². The molecule has 8 rings (SSSR count). The van der Waals surface area contributed by atoms with Crippen molar-refractivity contribution in [3.8, 4) is 0 Å². The molecule has 3 aliphatic carbocycles. The summed E-state index contributed by atoms with van der Waals surface area (Å²) in [6.07, 6.45) is -9.19. The number of hydrogen-bond donors (Lipinski definition) is 1. The van der Waals surface area contributed by atoms with E-state index in [1.165, 1.54) is 6.92 Å². The van der Waals surface area contributed by atoms with Gasteiger partial charge in [0.15, 0.2) is 34.1 Å². The maximum Gasteiger partial charge on any atom is 0.418 e. The third kappa shape index (κ3) is 10.4. The molecule has 2 saturated carbocycles. The number of carbonyl (C=O) groups excluding carboxylic acids is 6. The second-order valence-corrected chi connectivity index (χ2v) is 33.6. The van der Waals surface area contributed by atoms with Gasteiger partial charge in [-0.2, -0.15) is 0 Å². The van der Waals surface area contributed by atoms with Gasteiger partial charge in [0.2, 0.25) is 0 Å². The van der Waals surface area contributed by atoms with Gasteiger partial charge in [-0.3, -0.25) is 14.4 Å². The zero-order chi connectivity index (χ0) is 54.8. The Morgan fingerprint density at radius 3 is 1.96 bits per heavy atom. The van der Waals surface area contributed by atoms with Crippen molar-refractivity contribution in [3.05, 3.63) is 119 Å². The van der Waals surface area contributed by atoms with Gasteiger partial charge in [-0.1, -0.05) is 89.5 Å². The summed E-state index contributed by atoms with van der Waals surface area (Å²) in [7, 11) is -3.71. The first-order chi connectivity index (χ1) is 35.0. The van der Waals surface area contributed by atoms with Gasteiger partial charge in [0, 0.05) is 39.2 Å². The lowest BCUT2D eigenvalue weighted by Crippen LogP contribution is -2.82. The summed E-state index contributed by atoms with van der Waals surface area (Å²) in [6, 6.07) is 23.3. The molecule has 3 aromatic rings. The van der Waals surface area contributed by atoms with E-state index in [9.17, 15) is 24.3 Å². The summed E-state index contributed by atoms with van der Waals surface area (Å²) in [5.41, 5.74) is -6.26. The van der Waals surface area contributed by atoms with Gasteiger partial charge < -0.3 is 42.2 Å². The fourth-order valence-corrected chi connectivity index (χ4v) is 24.5. The first-order valence-electron chi connectivity index (χ1n) is 25.4. The zero-order valence-corrected chi connectivity index (χ0v) is 48.9. The minimum absolute atomic E-state index is 0.128. The van der Waals surface area contributed by atoms with Crippen molar-refractivity contribution in [3.63, 3.8) is 0 Å². The number of aliphatic hydroxyl groups is 1. The van der Waals surface area contributed by atoms with Crippen molar-refractivity contribution < 1.29 is 70.9 Å². The lowest BCUT2D eigenvalue weighted by Gasteiger charge is -2.68. The third-order valence-corrected chi connectivity index (χ3v) is 25.2. The lowest BCUT2D eigenvalue weighted by molar-refractivity contribution is -0.344. The Morgan fingerprint density at radius 2 is 1.41 bits per heavy atom. The summed E-state index contributed by atoms with van der Waals surface area (Å²) in [6.45, 7) is 21.3. The predicted octanol–water partition coefficient (Wildman–Crippen LogP) is 9.23. The van der Waals surface area contributed by atoms with Gasteiger partial charge in [0.05, 0.1) is 29.6 Å². The largest absolute Gasteiger partial charge is 0.456 e. The maximum atomic E-state index is 16.6. The van der Waals surface area contributed by atoms with Gasteiger partial charge in [-0.25, -0.2) is 19.3 Å². The molecule has 75 heavy (non-hydrogen) atoms. The van der Waals surface area contributed by atoms with E-state index in [0.29, 0.717) is 22.4 Å². The maximum absolute atomic E-state index is 16.6. The molecule has 2 heterocycles. The van der Waals surface area contributed by atoms with Crippen LogP contribution in [0.4, 0.5) is 4.79 Å². The van der Waals surface area contributed by atoms with Crippen molar-refractivity contribution in [2.45, 2.75) is 160 Å². The van der Waals surface area contributed by atoms with E-state index in [-0.39, 0.29) is 24.2 Å². The number of nitrogens with zero attached hydrogens (tertiary/aromatic N) is 1. The number of Topliss-reactive ketones (excluding diaryl/α,β-unsaturated/α-hetero) is 1. The van der Waals surface area contributed by atoms with Crippen LogP contribution in [0.5, 0.6) is 0 Å². The third-order valence-electron chi connectivity index (χ3n) is 15.8. The summed E-state index contributed by atoms with van der Waals surface area (Å²) in [5, 5.41) is 14.4. The number of fused-ring (bicyclic) bond motifs is 6. The standard InChI is InChI=1S/C55H71NO15P2Si2/c1-32-37(65-49(61)43(69-73-72)41(34-22-16-13-17-23-34)56(50(62)68-51(3,4)5)47(59)35-24-18-14-19-25-35)29-55(63)46(66-48(60)36-26-20-15-21-27-36)44-53(8)38(28-39-54(44,30-64-39)67-33(2)57)70-74(9,10)31-75(11,12)71-42(45(53)58)40(32)52(55,6)7/h13-27,37-39,41-44,46,63,73H,28-31,72H2,1-12H3/t37-,38-,39+,41-,42+,43+,44?,46?,53+,54-,55+/m0/s1. The molecule has 0 spiro atoms. The van der Waals surface area contributed by atoms with Crippen molar-refractivity contribution in [2.24, 2.45) is 16.7 Å². The highest BCUT2D eigenvalue weighted by Gasteiger charge is 2.79. The Hall–Kier alpha value is -4.49. The van der Waals surface area contributed by atoms with Crippen LogP contribution in [0.1, 0.15) is 101 Å². The van der Waals surface area contributed by atoms with Crippen LogP contribution in [0, 0.1) is 16.7 Å². The second kappa shape index (κ2) is 20.7. The minimum Gasteiger partial charge on any atom is -0.456 e. The molecule has 2 saturated heterocycles. The van der Waals surface area contributed by atoms with Gasteiger partial charge in [0.25, 0.3) is 5.91 Å². The smallest absolute Gasteiger partial charge is 0.418 e. The van der Waals surface area contributed by atoms with Crippen molar-refractivity contribution in [1.82, 2.24) is 4.90 Å². The molecule has 2 amide bonds. The van der Waals surface area contributed by atoms with Crippen LogP contribution >= 0.6 is 17.4 Å². The summed E-state index contributed by atoms with van der Waals surface area (Å²) in [5.74, 6) is -5.07. The first-order valence-corrected chi connectivity index (χ1v) is 34.4. The number of esters is 3. The molecular formula is C55H71NO15P2Si2. The van der Waals surface area contributed by atoms with E-state index in [1.807, 2.05) is 13.1 Å². The van der Waals surface area contributed by atoms with Crippen molar-refractivity contribution in [1.29, 1.82) is 0 Å². The summed E-state index contributed by atoms with van der Waals surface area (Å²) < 4.78 is 52.9. The van der Waals surface area contributed by atoms with E-state index < -0.39 is 143 Å². The van der Waals surface area contributed by atoms with Crippen LogP contribution in [0.3, 0.4) is 0 Å². The molecule has 0 aromatic heterocycles. The zero-order valence-electron chi connectivity index (χ0n) is 44.8. The number of hydrogen-bond acceptors (Lipinski definition) is 15. The normalized spacial score (nSPS) is 31.3. The Balaban J connectivity index is 1.36. The number of carbonyl (C=O) groups is 6. The highest BCUT2D eigenvalue weighted by atomic mass is 32.0. The number of benzene rings is 3. The Kier molecular flexibility index (Phi) is 15.7. The Morgan fingerprint density at radius 1 is 0.840 bits per heavy atom. The summed E-state index contributed by atoms with van der Waals surface area (Å²) >= 11 is 0. The highest BCUT2D eigenvalue weighted by Crippen LogP contribution is 2.66. The van der Waals surface area contributed by atoms with E-state index in [0.717, 1.165) is 4.90 Å². The molecule has 4 bridgehead atoms. The molecule has 13 atom stereocenters. The molecule has 5 aliphatic rings. The van der Waals surface area contributed by atoms with E-state index in [4.69, 9.17) is 37.1 Å². The van der Waals surface area contributed by atoms with Crippen LogP contribution in [0.15, 0.2) is 102 Å².